The minimum atomic E-state index is -4.97. The van der Waals surface area contributed by atoms with Crippen molar-refractivity contribution in [2.45, 2.75) is 24.6 Å². The molecule has 0 saturated carbocycles. The van der Waals surface area contributed by atoms with E-state index in [1.807, 2.05) is 0 Å². The fraction of sp³-hybridized carbons (Fsp3) is 0.750. The molecule has 0 radical (unpaired) electrons. The van der Waals surface area contributed by atoms with E-state index in [-0.39, 0.29) is 12.2 Å². The molecule has 1 atom stereocenters. The van der Waals surface area contributed by atoms with E-state index in [0.717, 1.165) is 0 Å². The van der Waals surface area contributed by atoms with E-state index in [2.05, 4.69) is 0 Å². The molecule has 1 amide bonds. The van der Waals surface area contributed by atoms with E-state index < -0.39 is 30.0 Å². The minimum absolute atomic E-state index is 0.196. The molecule has 16 heavy (non-hydrogen) atoms. The number of hydrogen-bond acceptors (Lipinski definition) is 3. The van der Waals surface area contributed by atoms with Crippen LogP contribution in [0.15, 0.2) is 0 Å². The molecule has 1 aliphatic rings. The molecular formula is C8H10F3NO3S. The third-order valence-electron chi connectivity index (χ3n) is 2.23. The van der Waals surface area contributed by atoms with Crippen molar-refractivity contribution in [3.63, 3.8) is 0 Å². The van der Waals surface area contributed by atoms with E-state index in [4.69, 9.17) is 5.11 Å². The summed E-state index contributed by atoms with van der Waals surface area (Å²) in [6.07, 6.45) is -5.22. The molecule has 0 aromatic rings. The highest BCUT2D eigenvalue weighted by Crippen LogP contribution is 2.32. The van der Waals surface area contributed by atoms with Gasteiger partial charge in [0.15, 0.2) is 0 Å². The Balaban J connectivity index is 2.72. The number of thioether (sulfide) groups is 1. The molecule has 1 aliphatic heterocycles. The molecule has 92 valence electrons. The third kappa shape index (κ3) is 3.29. The predicted molar refractivity (Wildman–Crippen MR) is 51.1 cm³/mol. The Morgan fingerprint density at radius 2 is 2.06 bits per heavy atom. The monoisotopic (exact) mass is 257 g/mol. The van der Waals surface area contributed by atoms with Gasteiger partial charge in [-0.1, -0.05) is 0 Å². The summed E-state index contributed by atoms with van der Waals surface area (Å²) in [6, 6.07) is 0. The lowest BCUT2D eigenvalue weighted by molar-refractivity contribution is -0.175. The number of rotatable bonds is 3. The zero-order chi connectivity index (χ0) is 12.4. The number of carboxylic acids is 1. The van der Waals surface area contributed by atoms with Crippen molar-refractivity contribution in [1.29, 1.82) is 0 Å². The van der Waals surface area contributed by atoms with Crippen LogP contribution < -0.4 is 5.32 Å². The first kappa shape index (κ1) is 13.1. The highest BCUT2D eigenvalue weighted by Gasteiger charge is 2.46. The molecule has 1 heterocycles. The van der Waals surface area contributed by atoms with E-state index in [1.54, 1.807) is 5.32 Å². The van der Waals surface area contributed by atoms with Crippen molar-refractivity contribution in [2.75, 3.05) is 11.5 Å². The smallest absolute Gasteiger partial charge is 0.471 e. The van der Waals surface area contributed by atoms with Gasteiger partial charge in [-0.25, -0.2) is 0 Å². The molecular weight excluding hydrogens is 247 g/mol. The van der Waals surface area contributed by atoms with Crippen LogP contribution in [-0.4, -0.2) is 40.2 Å². The largest absolute Gasteiger partial charge is 0.481 e. The summed E-state index contributed by atoms with van der Waals surface area (Å²) in [7, 11) is 0. The first-order valence-corrected chi connectivity index (χ1v) is 5.60. The van der Waals surface area contributed by atoms with Gasteiger partial charge in [-0.3, -0.25) is 9.59 Å². The first-order valence-electron chi connectivity index (χ1n) is 4.44. The van der Waals surface area contributed by atoms with Gasteiger partial charge < -0.3 is 10.4 Å². The summed E-state index contributed by atoms with van der Waals surface area (Å²) in [5.74, 6) is -2.55. The summed E-state index contributed by atoms with van der Waals surface area (Å²) in [5, 5.41) is 10.4. The Morgan fingerprint density at radius 1 is 1.44 bits per heavy atom. The number of hydrogen-bond donors (Lipinski definition) is 2. The second-order valence-corrected chi connectivity index (χ2v) is 4.71. The first-order chi connectivity index (χ1) is 7.25. The minimum Gasteiger partial charge on any atom is -0.481 e. The van der Waals surface area contributed by atoms with Crippen molar-refractivity contribution in [1.82, 2.24) is 5.32 Å². The van der Waals surface area contributed by atoms with Crippen LogP contribution in [0.3, 0.4) is 0 Å². The topological polar surface area (TPSA) is 66.4 Å². The van der Waals surface area contributed by atoms with Crippen molar-refractivity contribution >= 4 is 23.6 Å². The van der Waals surface area contributed by atoms with Gasteiger partial charge in [-0.15, -0.1) is 0 Å². The van der Waals surface area contributed by atoms with Gasteiger partial charge in [0.25, 0.3) is 0 Å². The lowest BCUT2D eigenvalue weighted by Gasteiger charge is -2.28. The fourth-order valence-corrected chi connectivity index (χ4v) is 2.88. The van der Waals surface area contributed by atoms with Gasteiger partial charge in [0.05, 0.1) is 12.0 Å². The Morgan fingerprint density at radius 3 is 2.44 bits per heavy atom. The maximum atomic E-state index is 12.0. The molecule has 0 aliphatic carbocycles. The Kier molecular flexibility index (Phi) is 3.72. The van der Waals surface area contributed by atoms with E-state index in [9.17, 15) is 22.8 Å². The van der Waals surface area contributed by atoms with Crippen LogP contribution >= 0.6 is 11.8 Å². The average molecular weight is 257 g/mol. The summed E-state index contributed by atoms with van der Waals surface area (Å²) in [4.78, 5) is 21.3. The zero-order valence-electron chi connectivity index (χ0n) is 8.13. The van der Waals surface area contributed by atoms with Crippen LogP contribution in [0.25, 0.3) is 0 Å². The fourth-order valence-electron chi connectivity index (χ4n) is 1.49. The molecule has 1 saturated heterocycles. The summed E-state index contributed by atoms with van der Waals surface area (Å²) in [6.45, 7) is 0. The molecule has 8 heteroatoms. The Hall–Kier alpha value is -0.920. The van der Waals surface area contributed by atoms with Crippen LogP contribution in [0.1, 0.15) is 12.8 Å². The number of alkyl halides is 3. The normalized spacial score (nSPS) is 25.4. The number of halogens is 3. The second-order valence-electron chi connectivity index (χ2n) is 3.61. The molecule has 1 fully saturated rings. The number of carbonyl (C=O) groups excluding carboxylic acids is 1. The summed E-state index contributed by atoms with van der Waals surface area (Å²) in [5.41, 5.74) is -1.26. The molecule has 0 aromatic heterocycles. The van der Waals surface area contributed by atoms with E-state index in [0.29, 0.717) is 5.75 Å². The molecule has 1 unspecified atom stereocenters. The van der Waals surface area contributed by atoms with Crippen molar-refractivity contribution in [3.8, 4) is 0 Å². The van der Waals surface area contributed by atoms with Gasteiger partial charge in [-0.2, -0.15) is 24.9 Å². The second kappa shape index (κ2) is 4.52. The highest BCUT2D eigenvalue weighted by molar-refractivity contribution is 7.99. The standard InChI is InChI=1S/C8H10F3NO3S/c9-8(10,11)6(15)12-7(3-5(13)14)1-2-16-4-7/h1-4H2,(H,12,15)(H,13,14). The molecule has 0 bridgehead atoms. The number of carbonyl (C=O) groups is 2. The van der Waals surface area contributed by atoms with Gasteiger partial charge in [0.2, 0.25) is 0 Å². The lowest BCUT2D eigenvalue weighted by atomic mass is 9.94. The quantitative estimate of drug-likeness (QED) is 0.792. The number of aliphatic carboxylic acids is 1. The highest BCUT2D eigenvalue weighted by atomic mass is 32.2. The molecule has 0 aromatic carbocycles. The van der Waals surface area contributed by atoms with Crippen LogP contribution in [0.5, 0.6) is 0 Å². The van der Waals surface area contributed by atoms with E-state index >= 15 is 0 Å². The van der Waals surface area contributed by atoms with Gasteiger partial charge in [-0.05, 0) is 12.2 Å². The molecule has 2 N–H and O–H groups in total. The maximum Gasteiger partial charge on any atom is 0.471 e. The summed E-state index contributed by atoms with van der Waals surface area (Å²) < 4.78 is 36.1. The molecule has 1 rings (SSSR count). The zero-order valence-corrected chi connectivity index (χ0v) is 8.95. The van der Waals surface area contributed by atoms with Crippen molar-refractivity contribution in [3.05, 3.63) is 0 Å². The summed E-state index contributed by atoms with van der Waals surface area (Å²) >= 11 is 1.33. The Labute approximate surface area is 93.6 Å². The van der Waals surface area contributed by atoms with Crippen LogP contribution in [0.4, 0.5) is 13.2 Å². The lowest BCUT2D eigenvalue weighted by Crippen LogP contribution is -2.54. The van der Waals surface area contributed by atoms with E-state index in [1.165, 1.54) is 11.8 Å². The average Bonchev–Trinajstić information content (AvgIpc) is 2.49. The van der Waals surface area contributed by atoms with Gasteiger partial charge in [0.1, 0.15) is 0 Å². The molecule has 4 nitrogen and oxygen atoms in total. The maximum absolute atomic E-state index is 12.0. The predicted octanol–water partition coefficient (Wildman–Crippen LogP) is 1.02. The van der Waals surface area contributed by atoms with Crippen molar-refractivity contribution < 1.29 is 27.9 Å². The Bertz CT molecular complexity index is 299. The van der Waals surface area contributed by atoms with Gasteiger partial charge in [0, 0.05) is 5.75 Å². The van der Waals surface area contributed by atoms with Crippen molar-refractivity contribution in [2.24, 2.45) is 0 Å². The van der Waals surface area contributed by atoms with Gasteiger partial charge >= 0.3 is 18.1 Å². The van der Waals surface area contributed by atoms with Crippen LogP contribution in [0.2, 0.25) is 0 Å². The number of nitrogens with one attached hydrogen (secondary N) is 1. The van der Waals surface area contributed by atoms with Crippen LogP contribution in [0, 0.1) is 0 Å². The third-order valence-corrected chi connectivity index (χ3v) is 3.48. The number of carboxylic acid groups (broad SMARTS) is 1. The number of amides is 1. The SMILES string of the molecule is O=C(O)CC1(NC(=O)C(F)(F)F)CCSC1. The molecule has 0 spiro atoms. The van der Waals surface area contributed by atoms with Crippen LogP contribution in [-0.2, 0) is 9.59 Å².